The molecule has 10 heteroatoms. The fraction of sp³-hybridized carbons (Fsp3) is 0.556. The Bertz CT molecular complexity index is 833. The third-order valence-electron chi connectivity index (χ3n) is 4.71. The number of carbonyl (C=O) groups excluding carboxylic acids is 1. The van der Waals surface area contributed by atoms with Gasteiger partial charge in [-0.2, -0.15) is 13.2 Å². The Balaban J connectivity index is 1.75. The number of rotatable bonds is 5. The van der Waals surface area contributed by atoms with Crippen molar-refractivity contribution >= 4 is 17.3 Å². The minimum Gasteiger partial charge on any atom is -0.466 e. The summed E-state index contributed by atoms with van der Waals surface area (Å²) in [7, 11) is 0. The highest BCUT2D eigenvalue weighted by Gasteiger charge is 2.39. The van der Waals surface area contributed by atoms with Gasteiger partial charge in [-0.05, 0) is 38.8 Å². The zero-order chi connectivity index (χ0) is 20.5. The van der Waals surface area contributed by atoms with Crippen molar-refractivity contribution in [2.24, 2.45) is 5.92 Å². The quantitative estimate of drug-likeness (QED) is 0.740. The third-order valence-corrected chi connectivity index (χ3v) is 5.85. The second-order valence-corrected chi connectivity index (χ2v) is 7.76. The first-order valence-electron chi connectivity index (χ1n) is 8.94. The molecule has 2 atom stereocenters. The first-order chi connectivity index (χ1) is 13.2. The minimum absolute atomic E-state index is 0.0873. The molecule has 1 N–H and O–H groups in total. The van der Waals surface area contributed by atoms with Gasteiger partial charge in [0.2, 0.25) is 5.76 Å². The van der Waals surface area contributed by atoms with E-state index in [1.807, 2.05) is 0 Å². The monoisotopic (exact) mass is 418 g/mol. The van der Waals surface area contributed by atoms with Crippen LogP contribution in [0.4, 0.5) is 13.2 Å². The highest BCUT2D eigenvalue weighted by atomic mass is 32.1. The molecule has 1 unspecified atom stereocenters. The van der Waals surface area contributed by atoms with Gasteiger partial charge < -0.3 is 14.4 Å². The number of hydrogen-bond acceptors (Lipinski definition) is 7. The molecule has 0 saturated carbocycles. The molecule has 1 aliphatic rings. The standard InChI is InChI=1S/C18H21F3N2O4S/c1-3-26-17(25)11-5-4-8-23(9-11)16(24)13-7-6-12(28-13)14-10(2)15(27-22-14)18(19,20)21/h6-7,11,16,24H,3-5,8-9H2,1-2H3/t11-,16?/m1/s1. The van der Waals surface area contributed by atoms with Crippen molar-refractivity contribution in [3.63, 3.8) is 0 Å². The average molecular weight is 418 g/mol. The zero-order valence-corrected chi connectivity index (χ0v) is 16.3. The van der Waals surface area contributed by atoms with Gasteiger partial charge in [-0.25, -0.2) is 0 Å². The molecule has 3 rings (SSSR count). The number of likely N-dealkylation sites (tertiary alicyclic amines) is 1. The van der Waals surface area contributed by atoms with E-state index < -0.39 is 18.2 Å². The maximum atomic E-state index is 12.9. The lowest BCUT2D eigenvalue weighted by Gasteiger charge is -2.34. The number of alkyl halides is 3. The molecule has 0 amide bonds. The molecule has 1 saturated heterocycles. The predicted molar refractivity (Wildman–Crippen MR) is 95.4 cm³/mol. The van der Waals surface area contributed by atoms with Crippen LogP contribution in [0, 0.1) is 12.8 Å². The van der Waals surface area contributed by atoms with Crippen molar-refractivity contribution in [1.82, 2.24) is 10.1 Å². The summed E-state index contributed by atoms with van der Waals surface area (Å²) >= 11 is 1.15. The Morgan fingerprint density at radius 3 is 2.89 bits per heavy atom. The maximum Gasteiger partial charge on any atom is 0.452 e. The molecule has 1 aliphatic heterocycles. The highest BCUT2D eigenvalue weighted by Crippen LogP contribution is 2.39. The summed E-state index contributed by atoms with van der Waals surface area (Å²) in [5.41, 5.74) is 0.0227. The van der Waals surface area contributed by atoms with E-state index in [-0.39, 0.29) is 23.1 Å². The number of nitrogens with zero attached hydrogens (tertiary/aromatic N) is 2. The van der Waals surface area contributed by atoms with Crippen LogP contribution in [0.3, 0.4) is 0 Å². The normalized spacial score (nSPS) is 19.6. The summed E-state index contributed by atoms with van der Waals surface area (Å²) in [4.78, 5) is 14.8. The van der Waals surface area contributed by atoms with Gasteiger partial charge in [0.1, 0.15) is 11.9 Å². The number of aliphatic hydroxyl groups excluding tert-OH is 1. The van der Waals surface area contributed by atoms with Gasteiger partial charge in [0.05, 0.1) is 17.4 Å². The molecule has 0 spiro atoms. The van der Waals surface area contributed by atoms with Gasteiger partial charge in [-0.1, -0.05) is 5.16 Å². The summed E-state index contributed by atoms with van der Waals surface area (Å²) in [5, 5.41) is 14.3. The van der Waals surface area contributed by atoms with Gasteiger partial charge in [0, 0.05) is 23.5 Å². The van der Waals surface area contributed by atoms with Crippen molar-refractivity contribution in [3.8, 4) is 10.6 Å². The van der Waals surface area contributed by atoms with Crippen LogP contribution < -0.4 is 0 Å². The van der Waals surface area contributed by atoms with Crippen molar-refractivity contribution < 1.29 is 32.3 Å². The first-order valence-corrected chi connectivity index (χ1v) is 9.76. The maximum absolute atomic E-state index is 12.9. The first kappa shape index (κ1) is 20.8. The van der Waals surface area contributed by atoms with Crippen LogP contribution in [0.25, 0.3) is 10.6 Å². The highest BCUT2D eigenvalue weighted by molar-refractivity contribution is 7.15. The van der Waals surface area contributed by atoms with E-state index in [2.05, 4.69) is 9.68 Å². The fourth-order valence-corrected chi connectivity index (χ4v) is 4.38. The van der Waals surface area contributed by atoms with Gasteiger partial charge in [0.15, 0.2) is 0 Å². The van der Waals surface area contributed by atoms with Crippen LogP contribution in [-0.2, 0) is 15.7 Å². The summed E-state index contributed by atoms with van der Waals surface area (Å²) < 4.78 is 48.2. The number of aliphatic hydroxyl groups is 1. The lowest BCUT2D eigenvalue weighted by Crippen LogP contribution is -2.41. The van der Waals surface area contributed by atoms with E-state index in [0.717, 1.165) is 17.8 Å². The van der Waals surface area contributed by atoms with Crippen molar-refractivity contribution in [2.45, 2.75) is 39.1 Å². The van der Waals surface area contributed by atoms with Gasteiger partial charge in [-0.3, -0.25) is 9.69 Å². The largest absolute Gasteiger partial charge is 0.466 e. The number of thiophene rings is 1. The molecule has 154 valence electrons. The van der Waals surface area contributed by atoms with Crippen LogP contribution in [0.15, 0.2) is 16.7 Å². The number of carbonyl (C=O) groups is 1. The summed E-state index contributed by atoms with van der Waals surface area (Å²) in [6.45, 7) is 4.35. The van der Waals surface area contributed by atoms with E-state index in [4.69, 9.17) is 4.74 Å². The zero-order valence-electron chi connectivity index (χ0n) is 15.5. The second-order valence-electron chi connectivity index (χ2n) is 6.64. The Morgan fingerprint density at radius 1 is 1.50 bits per heavy atom. The van der Waals surface area contributed by atoms with Gasteiger partial charge in [0.25, 0.3) is 0 Å². The second kappa shape index (κ2) is 8.22. The average Bonchev–Trinajstić information content (AvgIpc) is 3.27. The number of piperidine rings is 1. The molecule has 6 nitrogen and oxygen atoms in total. The molecule has 0 aromatic carbocycles. The third kappa shape index (κ3) is 4.23. The molecule has 1 fully saturated rings. The van der Waals surface area contributed by atoms with Crippen LogP contribution in [0.1, 0.15) is 42.2 Å². The Morgan fingerprint density at radius 2 is 2.25 bits per heavy atom. The number of esters is 1. The van der Waals surface area contributed by atoms with E-state index in [1.54, 1.807) is 24.0 Å². The number of ether oxygens (including phenoxy) is 1. The molecular weight excluding hydrogens is 397 g/mol. The van der Waals surface area contributed by atoms with Crippen molar-refractivity contribution in [2.75, 3.05) is 19.7 Å². The van der Waals surface area contributed by atoms with E-state index >= 15 is 0 Å². The van der Waals surface area contributed by atoms with Crippen LogP contribution in [0.2, 0.25) is 0 Å². The minimum atomic E-state index is -4.61. The molecule has 0 aliphatic carbocycles. The predicted octanol–water partition coefficient (Wildman–Crippen LogP) is 4.00. The summed E-state index contributed by atoms with van der Waals surface area (Å²) in [5.74, 6) is -1.69. The number of aromatic nitrogens is 1. The van der Waals surface area contributed by atoms with Crippen LogP contribution in [-0.4, -0.2) is 40.8 Å². The summed E-state index contributed by atoms with van der Waals surface area (Å²) in [6.07, 6.45) is -4.11. The molecule has 3 heterocycles. The molecule has 2 aromatic rings. The van der Waals surface area contributed by atoms with Gasteiger partial charge in [-0.15, -0.1) is 11.3 Å². The molecular formula is C18H21F3N2O4S. The van der Waals surface area contributed by atoms with Crippen molar-refractivity contribution in [3.05, 3.63) is 28.3 Å². The Labute approximate surface area is 163 Å². The van der Waals surface area contributed by atoms with Crippen LogP contribution >= 0.6 is 11.3 Å². The lowest BCUT2D eigenvalue weighted by molar-refractivity contribution is -0.156. The molecule has 2 aromatic heterocycles. The topological polar surface area (TPSA) is 75.8 Å². The number of hydrogen-bond donors (Lipinski definition) is 1. The van der Waals surface area contributed by atoms with Crippen LogP contribution in [0.5, 0.6) is 0 Å². The molecule has 0 radical (unpaired) electrons. The molecule has 0 bridgehead atoms. The Hall–Kier alpha value is -1.91. The van der Waals surface area contributed by atoms with E-state index in [1.165, 1.54) is 6.92 Å². The number of halogens is 3. The SMILES string of the molecule is CCOC(=O)[C@@H]1CCCN(C(O)c2ccc(-c3noc(C(F)(F)F)c3C)s2)C1. The lowest BCUT2D eigenvalue weighted by atomic mass is 9.98. The van der Waals surface area contributed by atoms with E-state index in [0.29, 0.717) is 35.9 Å². The molecule has 28 heavy (non-hydrogen) atoms. The summed E-state index contributed by atoms with van der Waals surface area (Å²) in [6, 6.07) is 3.26. The fourth-order valence-electron chi connectivity index (χ4n) is 3.31. The van der Waals surface area contributed by atoms with E-state index in [9.17, 15) is 23.1 Å². The Kier molecular flexibility index (Phi) is 6.11. The smallest absolute Gasteiger partial charge is 0.452 e. The van der Waals surface area contributed by atoms with Gasteiger partial charge >= 0.3 is 12.1 Å². The van der Waals surface area contributed by atoms with Crippen molar-refractivity contribution in [1.29, 1.82) is 0 Å².